The molecular weight excluding hydrogens is 314 g/mol. The summed E-state index contributed by atoms with van der Waals surface area (Å²) in [6, 6.07) is 15.5. The Hall–Kier alpha value is -2.95. The van der Waals surface area contributed by atoms with Crippen LogP contribution in [-0.2, 0) is 6.54 Å². The first kappa shape index (κ1) is 16.9. The number of Topliss-reactive ketones (excluding diaryl/α,β-unsaturated/α-hetero) is 1. The summed E-state index contributed by atoms with van der Waals surface area (Å²) in [5, 5.41) is 7.24. The molecule has 3 aromatic rings. The smallest absolute Gasteiger partial charge is 0.246 e. The molecule has 1 aromatic heterocycles. The second-order valence-corrected chi connectivity index (χ2v) is 6.28. The number of nitrogens with one attached hydrogen (secondary N) is 1. The minimum Gasteiger partial charge on any atom is -0.376 e. The minimum atomic E-state index is 0.0357. The third-order valence-corrected chi connectivity index (χ3v) is 4.02. The fourth-order valence-corrected chi connectivity index (χ4v) is 2.49. The van der Waals surface area contributed by atoms with Crippen molar-refractivity contribution >= 4 is 11.5 Å². The molecule has 5 heteroatoms. The number of anilines is 1. The van der Waals surface area contributed by atoms with Crippen molar-refractivity contribution in [2.75, 3.05) is 5.32 Å². The summed E-state index contributed by atoms with van der Waals surface area (Å²) in [7, 11) is 0. The number of aromatic nitrogens is 2. The molecule has 0 saturated heterocycles. The van der Waals surface area contributed by atoms with Gasteiger partial charge in [-0.15, -0.1) is 0 Å². The molecule has 3 rings (SSSR count). The Morgan fingerprint density at radius 2 is 1.92 bits per heavy atom. The number of carbonyl (C=O) groups is 1. The highest BCUT2D eigenvalue weighted by atomic mass is 16.5. The lowest BCUT2D eigenvalue weighted by atomic mass is 10.0. The highest BCUT2D eigenvalue weighted by Gasteiger charge is 2.09. The molecule has 0 bridgehead atoms. The number of hydrogen-bond donors (Lipinski definition) is 1. The molecule has 5 nitrogen and oxygen atoms in total. The van der Waals surface area contributed by atoms with Gasteiger partial charge >= 0.3 is 0 Å². The highest BCUT2D eigenvalue weighted by Crippen LogP contribution is 2.21. The van der Waals surface area contributed by atoms with Gasteiger partial charge in [-0.25, -0.2) is 0 Å². The molecule has 0 aliphatic rings. The van der Waals surface area contributed by atoms with E-state index in [1.165, 1.54) is 5.56 Å². The Morgan fingerprint density at radius 1 is 1.16 bits per heavy atom. The van der Waals surface area contributed by atoms with Gasteiger partial charge in [0.15, 0.2) is 5.78 Å². The summed E-state index contributed by atoms with van der Waals surface area (Å²) < 4.78 is 5.31. The van der Waals surface area contributed by atoms with Crippen LogP contribution in [0, 0.1) is 0 Å². The average Bonchev–Trinajstić information content (AvgIpc) is 3.09. The van der Waals surface area contributed by atoms with Crippen molar-refractivity contribution < 1.29 is 9.32 Å². The third-order valence-electron chi connectivity index (χ3n) is 4.02. The number of ketones is 1. The van der Waals surface area contributed by atoms with Crippen molar-refractivity contribution in [3.63, 3.8) is 0 Å². The standard InChI is InChI=1S/C20H21N3O2/c1-13(2)15-7-9-16(10-8-15)20-22-19(25-23-20)12-21-18-6-4-5-17(11-18)14(3)24/h4-11,13,21H,12H2,1-3H3. The Labute approximate surface area is 147 Å². The van der Waals surface area contributed by atoms with E-state index in [2.05, 4.69) is 41.4 Å². The maximum atomic E-state index is 11.4. The Bertz CT molecular complexity index is 867. The molecule has 25 heavy (non-hydrogen) atoms. The van der Waals surface area contributed by atoms with Crippen LogP contribution >= 0.6 is 0 Å². The second-order valence-electron chi connectivity index (χ2n) is 6.28. The van der Waals surface area contributed by atoms with Crippen molar-refractivity contribution in [2.24, 2.45) is 0 Å². The van der Waals surface area contributed by atoms with Gasteiger partial charge in [0, 0.05) is 16.8 Å². The van der Waals surface area contributed by atoms with Gasteiger partial charge in [-0.3, -0.25) is 4.79 Å². The summed E-state index contributed by atoms with van der Waals surface area (Å²) in [5.74, 6) is 1.60. The van der Waals surface area contributed by atoms with E-state index in [4.69, 9.17) is 4.52 Å². The van der Waals surface area contributed by atoms with Crippen LogP contribution in [0.1, 0.15) is 48.5 Å². The quantitative estimate of drug-likeness (QED) is 0.663. The zero-order valence-corrected chi connectivity index (χ0v) is 14.6. The fraction of sp³-hybridized carbons (Fsp3) is 0.250. The van der Waals surface area contributed by atoms with Crippen molar-refractivity contribution in [3.8, 4) is 11.4 Å². The van der Waals surface area contributed by atoms with Crippen LogP contribution in [0.25, 0.3) is 11.4 Å². The normalized spacial score (nSPS) is 10.9. The molecule has 0 atom stereocenters. The van der Waals surface area contributed by atoms with Crippen LogP contribution in [0.4, 0.5) is 5.69 Å². The number of carbonyl (C=O) groups excluding carboxylic acids is 1. The SMILES string of the molecule is CC(=O)c1cccc(NCc2nc(-c3ccc(C(C)C)cc3)no2)c1. The zero-order valence-electron chi connectivity index (χ0n) is 14.6. The van der Waals surface area contributed by atoms with E-state index in [0.29, 0.717) is 29.7 Å². The molecule has 1 N–H and O–H groups in total. The van der Waals surface area contributed by atoms with Crippen LogP contribution in [0.2, 0.25) is 0 Å². The van der Waals surface area contributed by atoms with E-state index in [9.17, 15) is 4.79 Å². The van der Waals surface area contributed by atoms with E-state index in [1.807, 2.05) is 30.3 Å². The molecule has 0 spiro atoms. The summed E-state index contributed by atoms with van der Waals surface area (Å²) in [4.78, 5) is 15.8. The van der Waals surface area contributed by atoms with Gasteiger partial charge in [0.25, 0.3) is 0 Å². The van der Waals surface area contributed by atoms with E-state index in [-0.39, 0.29) is 5.78 Å². The van der Waals surface area contributed by atoms with Crippen LogP contribution in [0.5, 0.6) is 0 Å². The summed E-state index contributed by atoms with van der Waals surface area (Å²) in [6.45, 7) is 6.27. The predicted octanol–water partition coefficient (Wildman–Crippen LogP) is 4.67. The van der Waals surface area contributed by atoms with Gasteiger partial charge in [-0.05, 0) is 30.5 Å². The van der Waals surface area contributed by atoms with Gasteiger partial charge in [0.2, 0.25) is 11.7 Å². The lowest BCUT2D eigenvalue weighted by Crippen LogP contribution is -2.01. The van der Waals surface area contributed by atoms with Crippen molar-refractivity contribution in [1.82, 2.24) is 10.1 Å². The molecular formula is C20H21N3O2. The highest BCUT2D eigenvalue weighted by molar-refractivity contribution is 5.94. The largest absolute Gasteiger partial charge is 0.376 e. The van der Waals surface area contributed by atoms with E-state index < -0.39 is 0 Å². The molecule has 0 aliphatic carbocycles. The Morgan fingerprint density at radius 3 is 2.60 bits per heavy atom. The summed E-state index contributed by atoms with van der Waals surface area (Å²) in [6.07, 6.45) is 0. The summed E-state index contributed by atoms with van der Waals surface area (Å²) >= 11 is 0. The molecule has 0 fully saturated rings. The number of hydrogen-bond acceptors (Lipinski definition) is 5. The molecule has 0 unspecified atom stereocenters. The lowest BCUT2D eigenvalue weighted by molar-refractivity contribution is 0.101. The van der Waals surface area contributed by atoms with Crippen molar-refractivity contribution in [2.45, 2.75) is 33.2 Å². The minimum absolute atomic E-state index is 0.0357. The van der Waals surface area contributed by atoms with E-state index in [1.54, 1.807) is 13.0 Å². The first-order valence-corrected chi connectivity index (χ1v) is 8.30. The van der Waals surface area contributed by atoms with Gasteiger partial charge in [0.05, 0.1) is 6.54 Å². The first-order chi connectivity index (χ1) is 12.0. The molecule has 2 aromatic carbocycles. The van der Waals surface area contributed by atoms with Gasteiger partial charge < -0.3 is 9.84 Å². The topological polar surface area (TPSA) is 68.0 Å². The molecule has 0 amide bonds. The van der Waals surface area contributed by atoms with Crippen LogP contribution in [-0.4, -0.2) is 15.9 Å². The van der Waals surface area contributed by atoms with Gasteiger partial charge in [0.1, 0.15) is 0 Å². The molecule has 128 valence electrons. The second kappa shape index (κ2) is 7.30. The molecule has 0 radical (unpaired) electrons. The third kappa shape index (κ3) is 4.12. The Balaban J connectivity index is 1.67. The number of benzene rings is 2. The van der Waals surface area contributed by atoms with Crippen LogP contribution in [0.15, 0.2) is 53.1 Å². The zero-order chi connectivity index (χ0) is 17.8. The predicted molar refractivity (Wildman–Crippen MR) is 97.6 cm³/mol. The lowest BCUT2D eigenvalue weighted by Gasteiger charge is -2.05. The van der Waals surface area contributed by atoms with Crippen LogP contribution in [0.3, 0.4) is 0 Å². The maximum Gasteiger partial charge on any atom is 0.246 e. The monoisotopic (exact) mass is 335 g/mol. The first-order valence-electron chi connectivity index (χ1n) is 8.30. The number of nitrogens with zero attached hydrogens (tertiary/aromatic N) is 2. The Kier molecular flexibility index (Phi) is 4.93. The number of rotatable bonds is 6. The van der Waals surface area contributed by atoms with Gasteiger partial charge in [-0.1, -0.05) is 55.4 Å². The van der Waals surface area contributed by atoms with Crippen molar-refractivity contribution in [1.29, 1.82) is 0 Å². The van der Waals surface area contributed by atoms with E-state index >= 15 is 0 Å². The van der Waals surface area contributed by atoms with Gasteiger partial charge in [-0.2, -0.15) is 4.98 Å². The summed E-state index contributed by atoms with van der Waals surface area (Å²) in [5.41, 5.74) is 3.72. The average molecular weight is 335 g/mol. The van der Waals surface area contributed by atoms with E-state index in [0.717, 1.165) is 11.3 Å². The van der Waals surface area contributed by atoms with Crippen LogP contribution < -0.4 is 5.32 Å². The molecule has 1 heterocycles. The molecule has 0 aliphatic heterocycles. The maximum absolute atomic E-state index is 11.4. The van der Waals surface area contributed by atoms with Crippen molar-refractivity contribution in [3.05, 3.63) is 65.5 Å². The molecule has 0 saturated carbocycles. The fourth-order valence-electron chi connectivity index (χ4n) is 2.49.